The number of benzene rings is 2. The van der Waals surface area contributed by atoms with Crippen LogP contribution in [-0.2, 0) is 4.79 Å². The van der Waals surface area contributed by atoms with Crippen molar-refractivity contribution in [1.82, 2.24) is 5.32 Å². The molecule has 2 aromatic carbocycles. The van der Waals surface area contributed by atoms with Gasteiger partial charge in [0, 0.05) is 23.7 Å². The van der Waals surface area contributed by atoms with Crippen molar-refractivity contribution in [2.24, 2.45) is 5.92 Å². The van der Waals surface area contributed by atoms with E-state index < -0.39 is 0 Å². The molecule has 0 heterocycles. The summed E-state index contributed by atoms with van der Waals surface area (Å²) in [7, 11) is 0. The average Bonchev–Trinajstić information content (AvgIpc) is 3.36. The molecule has 0 aromatic heterocycles. The monoisotopic (exact) mass is 326 g/mol. The van der Waals surface area contributed by atoms with Crippen LogP contribution in [0.15, 0.2) is 48.5 Å². The Morgan fingerprint density at radius 1 is 1.17 bits per heavy atom. The van der Waals surface area contributed by atoms with Crippen LogP contribution in [0.3, 0.4) is 0 Å². The van der Waals surface area contributed by atoms with Gasteiger partial charge in [-0.15, -0.1) is 0 Å². The standard InChI is InChI=1S/C19H19FN2O2/c1-2-21-18(23)12-6-5-7-13(10-12)22-19(24)16-11-15(16)14-8-3-4-9-17(14)20/h3-10,15-16H,2,11H2,1H3,(H,21,23)(H,22,24). The van der Waals surface area contributed by atoms with Crippen molar-refractivity contribution in [3.63, 3.8) is 0 Å². The topological polar surface area (TPSA) is 58.2 Å². The van der Waals surface area contributed by atoms with Crippen molar-refractivity contribution in [2.75, 3.05) is 11.9 Å². The lowest BCUT2D eigenvalue weighted by Gasteiger charge is -2.08. The summed E-state index contributed by atoms with van der Waals surface area (Å²) < 4.78 is 13.8. The van der Waals surface area contributed by atoms with E-state index in [1.165, 1.54) is 6.07 Å². The lowest BCUT2D eigenvalue weighted by atomic mass is 10.1. The minimum absolute atomic E-state index is 0.0715. The van der Waals surface area contributed by atoms with Crippen LogP contribution in [0.4, 0.5) is 10.1 Å². The Kier molecular flexibility index (Phi) is 4.60. The van der Waals surface area contributed by atoms with Crippen molar-refractivity contribution in [2.45, 2.75) is 19.3 Å². The van der Waals surface area contributed by atoms with Gasteiger partial charge in [-0.25, -0.2) is 4.39 Å². The summed E-state index contributed by atoms with van der Waals surface area (Å²) >= 11 is 0. The minimum Gasteiger partial charge on any atom is -0.352 e. The molecule has 0 spiro atoms. The highest BCUT2D eigenvalue weighted by Crippen LogP contribution is 2.48. The van der Waals surface area contributed by atoms with Crippen LogP contribution in [0.1, 0.15) is 35.2 Å². The maximum Gasteiger partial charge on any atom is 0.251 e. The van der Waals surface area contributed by atoms with E-state index in [0.29, 0.717) is 29.8 Å². The number of hydrogen-bond acceptors (Lipinski definition) is 2. The van der Waals surface area contributed by atoms with E-state index in [2.05, 4.69) is 10.6 Å². The molecule has 3 rings (SSSR count). The van der Waals surface area contributed by atoms with Crippen molar-refractivity contribution >= 4 is 17.5 Å². The first kappa shape index (κ1) is 16.2. The van der Waals surface area contributed by atoms with Crippen molar-refractivity contribution in [3.8, 4) is 0 Å². The zero-order chi connectivity index (χ0) is 17.1. The summed E-state index contributed by atoms with van der Waals surface area (Å²) in [6.45, 7) is 2.39. The molecule has 2 amide bonds. The minimum atomic E-state index is -0.268. The smallest absolute Gasteiger partial charge is 0.251 e. The molecule has 1 fully saturated rings. The molecule has 5 heteroatoms. The molecule has 2 aromatic rings. The summed E-state index contributed by atoms with van der Waals surface area (Å²) in [4.78, 5) is 24.2. The molecule has 2 N–H and O–H groups in total. The SMILES string of the molecule is CCNC(=O)c1cccc(NC(=O)C2CC2c2ccccc2F)c1. The van der Waals surface area contributed by atoms with Gasteiger partial charge in [0.25, 0.3) is 5.91 Å². The van der Waals surface area contributed by atoms with Crippen LogP contribution in [0.5, 0.6) is 0 Å². The molecule has 1 aliphatic rings. The van der Waals surface area contributed by atoms with Gasteiger partial charge >= 0.3 is 0 Å². The lowest BCUT2D eigenvalue weighted by Crippen LogP contribution is -2.23. The number of rotatable bonds is 5. The van der Waals surface area contributed by atoms with Gasteiger partial charge in [0.05, 0.1) is 0 Å². The van der Waals surface area contributed by atoms with Crippen LogP contribution in [0.25, 0.3) is 0 Å². The Hall–Kier alpha value is -2.69. The number of halogens is 1. The fourth-order valence-corrected chi connectivity index (χ4v) is 2.84. The Bertz CT molecular complexity index is 775. The summed E-state index contributed by atoms with van der Waals surface area (Å²) in [5.74, 6) is -0.885. The van der Waals surface area contributed by atoms with Gasteiger partial charge in [0.1, 0.15) is 5.82 Å². The van der Waals surface area contributed by atoms with Crippen LogP contribution < -0.4 is 10.6 Å². The van der Waals surface area contributed by atoms with Crippen LogP contribution in [0, 0.1) is 11.7 Å². The van der Waals surface area contributed by atoms with E-state index in [4.69, 9.17) is 0 Å². The summed E-state index contributed by atoms with van der Waals surface area (Å²) in [5, 5.41) is 5.54. The Labute approximate surface area is 140 Å². The third-order valence-electron chi connectivity index (χ3n) is 4.16. The van der Waals surface area contributed by atoms with E-state index in [9.17, 15) is 14.0 Å². The molecule has 0 aliphatic heterocycles. The number of carbonyl (C=O) groups is 2. The first-order valence-electron chi connectivity index (χ1n) is 8.03. The summed E-state index contributed by atoms with van der Waals surface area (Å²) in [6.07, 6.45) is 0.642. The Morgan fingerprint density at radius 2 is 1.96 bits per heavy atom. The van der Waals surface area contributed by atoms with Gasteiger partial charge < -0.3 is 10.6 Å². The van der Waals surface area contributed by atoms with Crippen molar-refractivity contribution in [1.29, 1.82) is 0 Å². The van der Waals surface area contributed by atoms with E-state index in [0.717, 1.165) is 0 Å². The highest BCUT2D eigenvalue weighted by atomic mass is 19.1. The number of nitrogens with one attached hydrogen (secondary N) is 2. The quantitative estimate of drug-likeness (QED) is 0.885. The van der Waals surface area contributed by atoms with E-state index >= 15 is 0 Å². The van der Waals surface area contributed by atoms with Gasteiger partial charge in [-0.3, -0.25) is 9.59 Å². The third kappa shape index (κ3) is 3.45. The van der Waals surface area contributed by atoms with Gasteiger partial charge in [-0.2, -0.15) is 0 Å². The fraction of sp³-hybridized carbons (Fsp3) is 0.263. The normalized spacial score (nSPS) is 18.8. The number of hydrogen-bond donors (Lipinski definition) is 2. The predicted molar refractivity (Wildman–Crippen MR) is 90.3 cm³/mol. The van der Waals surface area contributed by atoms with E-state index in [-0.39, 0.29) is 29.5 Å². The molecular weight excluding hydrogens is 307 g/mol. The molecule has 124 valence electrons. The second-order valence-electron chi connectivity index (χ2n) is 5.90. The third-order valence-corrected chi connectivity index (χ3v) is 4.16. The second kappa shape index (κ2) is 6.83. The largest absolute Gasteiger partial charge is 0.352 e. The van der Waals surface area contributed by atoms with Crippen LogP contribution in [-0.4, -0.2) is 18.4 Å². The van der Waals surface area contributed by atoms with E-state index in [1.807, 2.05) is 6.92 Å². The molecule has 1 saturated carbocycles. The van der Waals surface area contributed by atoms with Crippen molar-refractivity contribution < 1.29 is 14.0 Å². The van der Waals surface area contributed by atoms with E-state index in [1.54, 1.807) is 42.5 Å². The molecule has 2 unspecified atom stereocenters. The maximum atomic E-state index is 13.8. The first-order chi connectivity index (χ1) is 11.6. The van der Waals surface area contributed by atoms with Gasteiger partial charge in [0.15, 0.2) is 0 Å². The molecule has 4 nitrogen and oxygen atoms in total. The second-order valence-corrected chi connectivity index (χ2v) is 5.90. The number of carbonyl (C=O) groups excluding carboxylic acids is 2. The molecule has 0 bridgehead atoms. The molecule has 2 atom stereocenters. The Balaban J connectivity index is 1.65. The number of amides is 2. The first-order valence-corrected chi connectivity index (χ1v) is 8.03. The van der Waals surface area contributed by atoms with Crippen molar-refractivity contribution in [3.05, 3.63) is 65.5 Å². The zero-order valence-corrected chi connectivity index (χ0v) is 13.4. The highest BCUT2D eigenvalue weighted by molar-refractivity contribution is 5.98. The predicted octanol–water partition coefficient (Wildman–Crippen LogP) is 3.32. The summed E-state index contributed by atoms with van der Waals surface area (Å²) in [6, 6.07) is 13.4. The Morgan fingerprint density at radius 3 is 2.71 bits per heavy atom. The molecular formula is C19H19FN2O2. The van der Waals surface area contributed by atoms with Gasteiger partial charge in [0.2, 0.25) is 5.91 Å². The fourth-order valence-electron chi connectivity index (χ4n) is 2.84. The van der Waals surface area contributed by atoms with Crippen LogP contribution in [0.2, 0.25) is 0 Å². The highest BCUT2D eigenvalue weighted by Gasteiger charge is 2.45. The average molecular weight is 326 g/mol. The van der Waals surface area contributed by atoms with Gasteiger partial charge in [-0.1, -0.05) is 24.3 Å². The number of anilines is 1. The molecule has 24 heavy (non-hydrogen) atoms. The lowest BCUT2D eigenvalue weighted by molar-refractivity contribution is -0.117. The van der Waals surface area contributed by atoms with Crippen LogP contribution >= 0.6 is 0 Å². The zero-order valence-electron chi connectivity index (χ0n) is 13.4. The molecule has 0 radical (unpaired) electrons. The van der Waals surface area contributed by atoms with Gasteiger partial charge in [-0.05, 0) is 49.1 Å². The molecule has 1 aliphatic carbocycles. The summed E-state index contributed by atoms with van der Waals surface area (Å²) in [5.41, 5.74) is 1.66. The molecule has 0 saturated heterocycles. The maximum absolute atomic E-state index is 13.8.